The summed E-state index contributed by atoms with van der Waals surface area (Å²) in [5.41, 5.74) is 5.44. The van der Waals surface area contributed by atoms with Gasteiger partial charge in [-0.25, -0.2) is 9.37 Å². The van der Waals surface area contributed by atoms with Crippen molar-refractivity contribution in [2.24, 2.45) is 0 Å². The van der Waals surface area contributed by atoms with Gasteiger partial charge in [0.15, 0.2) is 11.6 Å². The third kappa shape index (κ3) is 2.76. The number of halogens is 1. The molecule has 2 fully saturated rings. The number of nitrogens with one attached hydrogen (secondary N) is 1. The Morgan fingerprint density at radius 3 is 3.37 bits per heavy atom. The van der Waals surface area contributed by atoms with Crippen LogP contribution in [0.15, 0.2) is 6.20 Å². The monoisotopic (exact) mass is 267 g/mol. The predicted octanol–water partition coefficient (Wildman–Crippen LogP) is 0.473. The van der Waals surface area contributed by atoms with Crippen LogP contribution in [0.5, 0.6) is 0 Å². The number of fused-ring (bicyclic) bond motifs is 1. The highest BCUT2D eigenvalue weighted by Crippen LogP contribution is 2.22. The Balaban J connectivity index is 1.56. The summed E-state index contributed by atoms with van der Waals surface area (Å²) < 4.78 is 19.2. The van der Waals surface area contributed by atoms with Crippen LogP contribution >= 0.6 is 0 Å². The van der Waals surface area contributed by atoms with E-state index in [1.54, 1.807) is 0 Å². The molecule has 2 saturated heterocycles. The Hall–Kier alpha value is -1.47. The van der Waals surface area contributed by atoms with Crippen molar-refractivity contribution in [2.75, 3.05) is 37.3 Å². The number of ether oxygens (including phenoxy) is 1. The van der Waals surface area contributed by atoms with E-state index in [-0.39, 0.29) is 17.9 Å². The van der Waals surface area contributed by atoms with Crippen LogP contribution in [0.25, 0.3) is 0 Å². The molecule has 3 heterocycles. The van der Waals surface area contributed by atoms with Crippen molar-refractivity contribution in [1.29, 1.82) is 0 Å². The number of nitrogens with zero attached hydrogens (tertiary/aromatic N) is 3. The lowest BCUT2D eigenvalue weighted by Crippen LogP contribution is -2.48. The third-order valence-corrected chi connectivity index (χ3v) is 3.72. The van der Waals surface area contributed by atoms with Crippen LogP contribution < -0.4 is 11.1 Å². The second-order valence-electron chi connectivity index (χ2n) is 5.05. The molecule has 2 aliphatic rings. The highest BCUT2D eigenvalue weighted by atomic mass is 19.1. The summed E-state index contributed by atoms with van der Waals surface area (Å²) in [7, 11) is 0. The zero-order chi connectivity index (χ0) is 13.2. The first-order valence-corrected chi connectivity index (χ1v) is 6.60. The van der Waals surface area contributed by atoms with E-state index >= 15 is 0 Å². The first kappa shape index (κ1) is 12.6. The van der Waals surface area contributed by atoms with E-state index in [1.807, 2.05) is 0 Å². The predicted molar refractivity (Wildman–Crippen MR) is 69.2 cm³/mol. The molecule has 0 saturated carbocycles. The topological polar surface area (TPSA) is 76.3 Å². The van der Waals surface area contributed by atoms with Gasteiger partial charge < -0.3 is 15.8 Å². The minimum absolute atomic E-state index is 0.0601. The summed E-state index contributed by atoms with van der Waals surface area (Å²) in [5, 5.41) is 2.95. The molecular weight excluding hydrogens is 249 g/mol. The van der Waals surface area contributed by atoms with Crippen molar-refractivity contribution in [3.8, 4) is 0 Å². The number of anilines is 2. The van der Waals surface area contributed by atoms with Crippen molar-refractivity contribution in [1.82, 2.24) is 14.9 Å². The van der Waals surface area contributed by atoms with Gasteiger partial charge in [-0.2, -0.15) is 4.98 Å². The van der Waals surface area contributed by atoms with Crippen LogP contribution in [0.3, 0.4) is 0 Å². The molecule has 0 spiro atoms. The second-order valence-corrected chi connectivity index (χ2v) is 5.05. The van der Waals surface area contributed by atoms with Crippen LogP contribution in [0.1, 0.15) is 12.8 Å². The molecule has 7 heteroatoms. The third-order valence-electron chi connectivity index (χ3n) is 3.72. The average Bonchev–Trinajstić information content (AvgIpc) is 2.87. The Bertz CT molecular complexity index is 458. The smallest absolute Gasteiger partial charge is 0.222 e. The fourth-order valence-electron chi connectivity index (χ4n) is 2.72. The zero-order valence-electron chi connectivity index (χ0n) is 10.7. The van der Waals surface area contributed by atoms with E-state index in [2.05, 4.69) is 20.2 Å². The van der Waals surface area contributed by atoms with E-state index < -0.39 is 5.82 Å². The molecule has 104 valence electrons. The SMILES string of the molecule is Nc1ncc(F)c(NCC2CN3CCCC3CO2)n1. The normalized spacial score (nSPS) is 27.2. The van der Waals surface area contributed by atoms with Crippen molar-refractivity contribution in [3.05, 3.63) is 12.0 Å². The number of hydrogen-bond acceptors (Lipinski definition) is 6. The van der Waals surface area contributed by atoms with Gasteiger partial charge in [0.1, 0.15) is 0 Å². The van der Waals surface area contributed by atoms with E-state index in [9.17, 15) is 4.39 Å². The zero-order valence-corrected chi connectivity index (χ0v) is 10.7. The summed E-state index contributed by atoms with van der Waals surface area (Å²) >= 11 is 0. The standard InChI is InChI=1S/C12H18FN5O/c13-10-5-16-12(14)17-11(10)15-4-9-6-18-3-1-2-8(18)7-19-9/h5,8-9H,1-4,6-7H2,(H3,14,15,16,17). The molecule has 0 radical (unpaired) electrons. The van der Waals surface area contributed by atoms with Crippen LogP contribution in [-0.4, -0.2) is 53.3 Å². The maximum absolute atomic E-state index is 13.4. The number of hydrogen-bond donors (Lipinski definition) is 2. The van der Waals surface area contributed by atoms with Crippen LogP contribution in [-0.2, 0) is 4.74 Å². The van der Waals surface area contributed by atoms with E-state index in [0.29, 0.717) is 12.6 Å². The van der Waals surface area contributed by atoms with Gasteiger partial charge in [0.2, 0.25) is 5.95 Å². The molecular formula is C12H18FN5O. The van der Waals surface area contributed by atoms with Crippen molar-refractivity contribution in [3.63, 3.8) is 0 Å². The van der Waals surface area contributed by atoms with Crippen LogP contribution in [0, 0.1) is 5.82 Å². The number of morpholine rings is 1. The molecule has 19 heavy (non-hydrogen) atoms. The maximum Gasteiger partial charge on any atom is 0.222 e. The first-order valence-electron chi connectivity index (χ1n) is 6.60. The fraction of sp³-hybridized carbons (Fsp3) is 0.667. The number of aromatic nitrogens is 2. The summed E-state index contributed by atoms with van der Waals surface area (Å²) in [5.74, 6) is -0.295. The minimum atomic E-state index is -0.496. The number of nitrogen functional groups attached to an aromatic ring is 1. The first-order chi connectivity index (χ1) is 9.22. The van der Waals surface area contributed by atoms with Gasteiger partial charge in [-0.15, -0.1) is 0 Å². The summed E-state index contributed by atoms with van der Waals surface area (Å²) in [6, 6.07) is 0.572. The molecule has 0 aromatic carbocycles. The lowest BCUT2D eigenvalue weighted by Gasteiger charge is -2.35. The molecule has 2 atom stereocenters. The minimum Gasteiger partial charge on any atom is -0.373 e. The molecule has 3 rings (SSSR count). The Kier molecular flexibility index (Phi) is 3.48. The highest BCUT2D eigenvalue weighted by Gasteiger charge is 2.32. The highest BCUT2D eigenvalue weighted by molar-refractivity contribution is 5.39. The van der Waals surface area contributed by atoms with Gasteiger partial charge in [0.25, 0.3) is 0 Å². The van der Waals surface area contributed by atoms with Gasteiger partial charge in [-0.05, 0) is 19.4 Å². The van der Waals surface area contributed by atoms with E-state index in [0.717, 1.165) is 25.9 Å². The maximum atomic E-state index is 13.4. The molecule has 1 aromatic heterocycles. The molecule has 0 aliphatic carbocycles. The molecule has 2 unspecified atom stereocenters. The van der Waals surface area contributed by atoms with Crippen LogP contribution in [0.4, 0.5) is 16.2 Å². The van der Waals surface area contributed by atoms with Gasteiger partial charge >= 0.3 is 0 Å². The van der Waals surface area contributed by atoms with Gasteiger partial charge in [-0.3, -0.25) is 4.90 Å². The molecule has 0 amide bonds. The van der Waals surface area contributed by atoms with Crippen molar-refractivity contribution >= 4 is 11.8 Å². The van der Waals surface area contributed by atoms with Gasteiger partial charge in [-0.1, -0.05) is 0 Å². The summed E-state index contributed by atoms with van der Waals surface area (Å²) in [4.78, 5) is 9.87. The van der Waals surface area contributed by atoms with Crippen LogP contribution in [0.2, 0.25) is 0 Å². The molecule has 6 nitrogen and oxygen atoms in total. The quantitative estimate of drug-likeness (QED) is 0.829. The second kappa shape index (κ2) is 5.26. The fourth-order valence-corrected chi connectivity index (χ4v) is 2.72. The lowest BCUT2D eigenvalue weighted by atomic mass is 10.2. The van der Waals surface area contributed by atoms with Crippen molar-refractivity contribution < 1.29 is 9.13 Å². The van der Waals surface area contributed by atoms with E-state index in [4.69, 9.17) is 10.5 Å². The summed E-state index contributed by atoms with van der Waals surface area (Å²) in [6.07, 6.45) is 3.59. The molecule has 3 N–H and O–H groups in total. The Morgan fingerprint density at radius 2 is 2.47 bits per heavy atom. The number of nitrogens with two attached hydrogens (primary N) is 1. The van der Waals surface area contributed by atoms with Crippen molar-refractivity contribution in [2.45, 2.75) is 25.0 Å². The molecule has 1 aromatic rings. The lowest BCUT2D eigenvalue weighted by molar-refractivity contribution is -0.0416. The van der Waals surface area contributed by atoms with E-state index in [1.165, 1.54) is 12.8 Å². The Labute approximate surface area is 111 Å². The average molecular weight is 267 g/mol. The molecule has 2 aliphatic heterocycles. The summed E-state index contributed by atoms with van der Waals surface area (Å²) in [6.45, 7) is 3.32. The number of rotatable bonds is 3. The van der Waals surface area contributed by atoms with Gasteiger partial charge in [0.05, 0.1) is 18.9 Å². The van der Waals surface area contributed by atoms with Gasteiger partial charge in [0, 0.05) is 19.1 Å². The molecule has 0 bridgehead atoms. The Morgan fingerprint density at radius 1 is 1.58 bits per heavy atom. The largest absolute Gasteiger partial charge is 0.373 e.